The van der Waals surface area contributed by atoms with Crippen LogP contribution in [0, 0.1) is 0 Å². The van der Waals surface area contributed by atoms with Gasteiger partial charge in [-0.05, 0) is 59.0 Å². The minimum absolute atomic E-state index is 0.00729. The number of carbonyl (C=O) groups excluding carboxylic acids is 1. The quantitative estimate of drug-likeness (QED) is 0.568. The van der Waals surface area contributed by atoms with E-state index in [2.05, 4.69) is 11.8 Å². The van der Waals surface area contributed by atoms with E-state index in [4.69, 9.17) is 15.2 Å². The van der Waals surface area contributed by atoms with E-state index in [1.165, 1.54) is 13.5 Å². The lowest BCUT2D eigenvalue weighted by Gasteiger charge is -2.39. The molecule has 2 N–H and O–H groups in total. The first-order valence-corrected chi connectivity index (χ1v) is 7.48. The summed E-state index contributed by atoms with van der Waals surface area (Å²) >= 11 is 0. The Hall–Kier alpha value is -0.650. The van der Waals surface area contributed by atoms with Crippen molar-refractivity contribution in [3.63, 3.8) is 0 Å². The smallest absolute Gasteiger partial charge is 0.325 e. The summed E-state index contributed by atoms with van der Waals surface area (Å²) in [6.07, 6.45) is 4.95. The molecule has 0 aliphatic carbocycles. The lowest BCUT2D eigenvalue weighted by molar-refractivity contribution is -0.146. The van der Waals surface area contributed by atoms with E-state index in [0.29, 0.717) is 6.42 Å². The average Bonchev–Trinajstić information content (AvgIpc) is 2.43. The zero-order valence-corrected chi connectivity index (χ0v) is 13.4. The SMILES string of the molecule is COC(=O)C(C)(N)CCCCN1CCCC(C)(OC)C1. The Labute approximate surface area is 122 Å². The molecule has 0 spiro atoms. The van der Waals surface area contributed by atoms with E-state index in [1.807, 2.05) is 0 Å². The number of piperidine rings is 1. The van der Waals surface area contributed by atoms with Gasteiger partial charge in [0, 0.05) is 13.7 Å². The standard InChI is InChI=1S/C15H30N2O3/c1-14(20-4)8-7-11-17(12-14)10-6-5-9-15(2,16)13(18)19-3/h5-12,16H2,1-4H3. The van der Waals surface area contributed by atoms with Gasteiger partial charge in [0.1, 0.15) is 5.54 Å². The van der Waals surface area contributed by atoms with Gasteiger partial charge in [-0.2, -0.15) is 0 Å². The minimum Gasteiger partial charge on any atom is -0.468 e. The van der Waals surface area contributed by atoms with Gasteiger partial charge < -0.3 is 20.1 Å². The van der Waals surface area contributed by atoms with Crippen LogP contribution in [0.2, 0.25) is 0 Å². The highest BCUT2D eigenvalue weighted by Gasteiger charge is 2.31. The van der Waals surface area contributed by atoms with Crippen molar-refractivity contribution in [3.8, 4) is 0 Å². The molecule has 1 rings (SSSR count). The van der Waals surface area contributed by atoms with Crippen molar-refractivity contribution in [1.82, 2.24) is 4.90 Å². The molecular weight excluding hydrogens is 256 g/mol. The second-order valence-corrected chi connectivity index (χ2v) is 6.40. The fraction of sp³-hybridized carbons (Fsp3) is 0.933. The molecule has 0 aromatic heterocycles. The molecule has 0 amide bonds. The number of likely N-dealkylation sites (tertiary alicyclic amines) is 1. The minimum atomic E-state index is -0.863. The Morgan fingerprint density at radius 2 is 2.10 bits per heavy atom. The molecule has 118 valence electrons. The highest BCUT2D eigenvalue weighted by Crippen LogP contribution is 2.24. The van der Waals surface area contributed by atoms with E-state index in [1.54, 1.807) is 14.0 Å². The Bertz CT molecular complexity index is 320. The zero-order valence-electron chi connectivity index (χ0n) is 13.4. The largest absolute Gasteiger partial charge is 0.468 e. The van der Waals surface area contributed by atoms with Crippen LogP contribution in [-0.2, 0) is 14.3 Å². The third-order valence-electron chi connectivity index (χ3n) is 4.30. The van der Waals surface area contributed by atoms with E-state index in [-0.39, 0.29) is 11.6 Å². The van der Waals surface area contributed by atoms with Crippen molar-refractivity contribution in [2.24, 2.45) is 5.73 Å². The second kappa shape index (κ2) is 7.38. The molecule has 5 nitrogen and oxygen atoms in total. The number of unbranched alkanes of at least 4 members (excludes halogenated alkanes) is 1. The zero-order chi connectivity index (χ0) is 15.2. The lowest BCUT2D eigenvalue weighted by Crippen LogP contribution is -2.48. The molecule has 20 heavy (non-hydrogen) atoms. The van der Waals surface area contributed by atoms with Crippen molar-refractivity contribution in [2.45, 2.75) is 57.1 Å². The van der Waals surface area contributed by atoms with Crippen LogP contribution in [0.3, 0.4) is 0 Å². The average molecular weight is 286 g/mol. The fourth-order valence-electron chi connectivity index (χ4n) is 2.83. The predicted molar refractivity (Wildman–Crippen MR) is 79.5 cm³/mol. The van der Waals surface area contributed by atoms with Crippen LogP contribution < -0.4 is 5.73 Å². The first-order valence-electron chi connectivity index (χ1n) is 7.48. The first-order chi connectivity index (χ1) is 9.33. The topological polar surface area (TPSA) is 64.8 Å². The number of ether oxygens (including phenoxy) is 2. The molecule has 1 fully saturated rings. The first kappa shape index (κ1) is 17.4. The summed E-state index contributed by atoms with van der Waals surface area (Å²) in [5.41, 5.74) is 5.08. The normalized spacial score (nSPS) is 27.1. The summed E-state index contributed by atoms with van der Waals surface area (Å²) in [4.78, 5) is 13.9. The molecule has 1 heterocycles. The van der Waals surface area contributed by atoms with Crippen molar-refractivity contribution in [1.29, 1.82) is 0 Å². The number of nitrogens with two attached hydrogens (primary N) is 1. The molecule has 0 saturated carbocycles. The summed E-state index contributed by atoms with van der Waals surface area (Å²) in [7, 11) is 3.17. The molecule has 0 bridgehead atoms. The summed E-state index contributed by atoms with van der Waals surface area (Å²) in [6, 6.07) is 0. The number of rotatable bonds is 7. The van der Waals surface area contributed by atoms with Gasteiger partial charge in [-0.3, -0.25) is 4.79 Å². The van der Waals surface area contributed by atoms with Gasteiger partial charge in [0.25, 0.3) is 0 Å². The molecule has 2 atom stereocenters. The third kappa shape index (κ3) is 5.04. The number of hydrogen-bond donors (Lipinski definition) is 1. The maximum atomic E-state index is 11.5. The van der Waals surface area contributed by atoms with Crippen molar-refractivity contribution in [3.05, 3.63) is 0 Å². The maximum Gasteiger partial charge on any atom is 0.325 e. The van der Waals surface area contributed by atoms with Gasteiger partial charge in [-0.25, -0.2) is 0 Å². The number of esters is 1. The highest BCUT2D eigenvalue weighted by atomic mass is 16.5. The highest BCUT2D eigenvalue weighted by molar-refractivity contribution is 5.79. The number of nitrogens with zero attached hydrogens (tertiary/aromatic N) is 1. The van der Waals surface area contributed by atoms with Crippen LogP contribution in [0.1, 0.15) is 46.0 Å². The summed E-state index contributed by atoms with van der Waals surface area (Å²) in [5, 5.41) is 0. The summed E-state index contributed by atoms with van der Waals surface area (Å²) in [6.45, 7) is 7.07. The van der Waals surface area contributed by atoms with E-state index in [9.17, 15) is 4.79 Å². The van der Waals surface area contributed by atoms with Crippen LogP contribution in [0.25, 0.3) is 0 Å². The molecule has 1 saturated heterocycles. The van der Waals surface area contributed by atoms with Crippen LogP contribution in [0.5, 0.6) is 0 Å². The molecule has 2 unspecified atom stereocenters. The Kier molecular flexibility index (Phi) is 6.43. The molecule has 1 aliphatic heterocycles. The lowest BCUT2D eigenvalue weighted by atomic mass is 9.93. The fourth-order valence-corrected chi connectivity index (χ4v) is 2.83. The molecule has 0 radical (unpaired) electrons. The van der Waals surface area contributed by atoms with E-state index in [0.717, 1.165) is 38.9 Å². The Morgan fingerprint density at radius 1 is 1.40 bits per heavy atom. The number of methoxy groups -OCH3 is 2. The second-order valence-electron chi connectivity index (χ2n) is 6.40. The van der Waals surface area contributed by atoms with Crippen LogP contribution in [0.4, 0.5) is 0 Å². The van der Waals surface area contributed by atoms with Gasteiger partial charge in [0.15, 0.2) is 0 Å². The van der Waals surface area contributed by atoms with E-state index >= 15 is 0 Å². The van der Waals surface area contributed by atoms with Gasteiger partial charge >= 0.3 is 5.97 Å². The summed E-state index contributed by atoms with van der Waals surface area (Å²) in [5.74, 6) is -0.331. The van der Waals surface area contributed by atoms with Crippen LogP contribution in [0.15, 0.2) is 0 Å². The van der Waals surface area contributed by atoms with Gasteiger partial charge in [-0.15, -0.1) is 0 Å². The number of hydrogen-bond acceptors (Lipinski definition) is 5. The van der Waals surface area contributed by atoms with Crippen molar-refractivity contribution >= 4 is 5.97 Å². The number of carbonyl (C=O) groups is 1. The van der Waals surface area contributed by atoms with Crippen LogP contribution >= 0.6 is 0 Å². The van der Waals surface area contributed by atoms with E-state index < -0.39 is 5.54 Å². The van der Waals surface area contributed by atoms with Gasteiger partial charge in [0.2, 0.25) is 0 Å². The van der Waals surface area contributed by atoms with Gasteiger partial charge in [-0.1, -0.05) is 0 Å². The van der Waals surface area contributed by atoms with Crippen LogP contribution in [-0.4, -0.2) is 55.9 Å². The van der Waals surface area contributed by atoms with Crippen molar-refractivity contribution < 1.29 is 14.3 Å². The van der Waals surface area contributed by atoms with Gasteiger partial charge in [0.05, 0.1) is 12.7 Å². The Morgan fingerprint density at radius 3 is 2.70 bits per heavy atom. The Balaban J connectivity index is 2.26. The molecule has 1 aliphatic rings. The summed E-state index contributed by atoms with van der Waals surface area (Å²) < 4.78 is 10.3. The molecule has 0 aromatic carbocycles. The molecule has 0 aromatic rings. The predicted octanol–water partition coefficient (Wildman–Crippen LogP) is 1.55. The maximum absolute atomic E-state index is 11.5. The third-order valence-corrected chi connectivity index (χ3v) is 4.30. The monoisotopic (exact) mass is 286 g/mol. The molecular formula is C15H30N2O3. The molecule has 5 heteroatoms. The van der Waals surface area contributed by atoms with Crippen molar-refractivity contribution in [2.75, 3.05) is 33.9 Å².